The second-order valence-electron chi connectivity index (χ2n) is 30.1. The maximum Gasteiger partial charge on any atom is 0.330 e. The first-order valence-electron chi connectivity index (χ1n) is 39.7. The van der Waals surface area contributed by atoms with Crippen molar-refractivity contribution in [2.24, 2.45) is 7.05 Å². The molecule has 0 radical (unpaired) electrons. The number of carbonyl (C=O) groups is 4. The Labute approximate surface area is 679 Å². The van der Waals surface area contributed by atoms with Gasteiger partial charge in [0.15, 0.2) is 29.1 Å². The van der Waals surface area contributed by atoms with Gasteiger partial charge in [-0.15, -0.1) is 0 Å². The van der Waals surface area contributed by atoms with Gasteiger partial charge in [-0.1, -0.05) is 0 Å². The number of hydrogen-bond donors (Lipinski definition) is 3. The number of nitrogens with one attached hydrogen (secondary N) is 3. The minimum Gasteiger partial charge on any atom is -0.477 e. The molecule has 4 atom stereocenters. The molecular weight excluding hydrogens is 1500 g/mol. The quantitative estimate of drug-likeness (QED) is 0.108. The fourth-order valence-corrected chi connectivity index (χ4v) is 16.5. The third kappa shape index (κ3) is 16.0. The van der Waals surface area contributed by atoms with Gasteiger partial charge in [0.1, 0.15) is 11.6 Å². The molecule has 7 amide bonds. The van der Waals surface area contributed by atoms with Crippen molar-refractivity contribution >= 4 is 81.8 Å². The Morgan fingerprint density at radius 3 is 1.56 bits per heavy atom. The van der Waals surface area contributed by atoms with Gasteiger partial charge in [0.2, 0.25) is 17.7 Å². The van der Waals surface area contributed by atoms with E-state index in [1.165, 1.54) is 17.0 Å². The maximum atomic E-state index is 13.3. The molecule has 20 heterocycles. The van der Waals surface area contributed by atoms with Gasteiger partial charge in [0.25, 0.3) is 5.56 Å². The van der Waals surface area contributed by atoms with E-state index in [1.807, 2.05) is 110 Å². The number of ether oxygens (including phenoxy) is 2. The van der Waals surface area contributed by atoms with Crippen molar-refractivity contribution in [2.75, 3.05) is 122 Å². The predicted octanol–water partition coefficient (Wildman–Crippen LogP) is 10.2. The molecule has 0 aliphatic carbocycles. The van der Waals surface area contributed by atoms with Gasteiger partial charge in [-0.2, -0.15) is 5.26 Å². The van der Waals surface area contributed by atoms with Crippen molar-refractivity contribution in [1.29, 1.82) is 5.26 Å². The molecule has 20 rings (SSSR count). The fourth-order valence-electron chi connectivity index (χ4n) is 16.5. The second kappa shape index (κ2) is 33.4. The van der Waals surface area contributed by atoms with E-state index in [4.69, 9.17) is 29.4 Å². The van der Waals surface area contributed by atoms with Crippen LogP contribution in [-0.4, -0.2) is 196 Å². The van der Waals surface area contributed by atoms with Crippen LogP contribution in [0.3, 0.4) is 0 Å². The monoisotopic (exact) mass is 1580 g/mol. The standard InChI is InChI=1S/C23H21N7O2.C21H21N7O.C21H25N5O2.C20H19N7O2/c1-2-32-23-15(11-24)9-16(12-27-23)19-3-4-20-22(28-19)30(18-5-8-29(20)14-18)21(31)10-17-13-25-6-7-26-17;1-13-5-8-23-20(24-13)26-21(29)28-16-7-10-27(12-16)18-4-3-17(25-19(18)28)15-6-9-22-14(2)11-15;1-14-2-3-15(12-22-14)18-4-5-19-20(24-18)26(17-6-9-25(19)13-17)21(27)23-16-7-10-28-11-8-16;1-25-8-4-13(10-18(25)28)15-2-3-16-19(23-15)27(14-5-9-26(16)12-14)20(29)24-17-11-21-6-7-22-17/h3-4,6-7,9,12-13,18H,2,5,8,10,14H2,1H3;3-6,8-9,11,16H,7,10,12H2,1-2H3,(H,23,24,26,29);2-5,12,16-17H,6-11,13H2,1H3,(H,23,27);2-4,6-8,10-11,14H,5,9,12H2,1H3,(H,22,24,29)/t18-;16-;17-;14-/m0000/s1. The molecule has 0 spiro atoms. The Morgan fingerprint density at radius 2 is 1.03 bits per heavy atom. The maximum absolute atomic E-state index is 13.3. The van der Waals surface area contributed by atoms with E-state index in [1.54, 1.807) is 84.6 Å². The molecule has 5 fully saturated rings. The Bertz CT molecular complexity index is 5720. The molecule has 0 unspecified atom stereocenters. The van der Waals surface area contributed by atoms with Gasteiger partial charge < -0.3 is 39.0 Å². The zero-order valence-corrected chi connectivity index (χ0v) is 65.8. The minimum atomic E-state index is -0.285. The molecule has 5 saturated heterocycles. The van der Waals surface area contributed by atoms with Crippen LogP contribution in [0.15, 0.2) is 170 Å². The summed E-state index contributed by atoms with van der Waals surface area (Å²) in [7, 11) is 1.70. The summed E-state index contributed by atoms with van der Waals surface area (Å²) >= 11 is 0. The van der Waals surface area contributed by atoms with E-state index >= 15 is 0 Å². The number of rotatable bonds is 11. The number of aromatic nitrogens is 14. The lowest BCUT2D eigenvalue weighted by Gasteiger charge is -2.37. The van der Waals surface area contributed by atoms with Gasteiger partial charge in [-0.05, 0) is 157 Å². The summed E-state index contributed by atoms with van der Waals surface area (Å²) in [6, 6.07) is 32.9. The number of urea groups is 3. The molecular formula is C85H86N26O7. The number of aryl methyl sites for hydroxylation is 4. The van der Waals surface area contributed by atoms with Crippen LogP contribution in [0.2, 0.25) is 0 Å². The molecule has 11 aromatic rings. The molecule has 0 saturated carbocycles. The SMILES string of the molecule is CCOc1ncc(-c2ccc3c(n2)N(C(=O)Cc2cnccn2)[C@H]2CCN3C2)cc1C#N.Cc1cc(-c2ccc3c(n2)N(C(=O)Nc2nccc(C)n2)[C@H]2CCN3C2)ccn1.Cc1ccc(-c2ccc3c(n2)N(C(=O)NC2CCOCC2)[C@H]2CCN3C2)cn1.Cn1ccc(-c2ccc3c(n2)N(C(=O)Nc2cnccn2)[C@H]2CCN3C2)cc1=O. The molecule has 11 aromatic heterocycles. The molecule has 33 nitrogen and oxygen atoms in total. The van der Waals surface area contributed by atoms with Crippen LogP contribution < -0.4 is 65.4 Å². The van der Waals surface area contributed by atoms with Crippen LogP contribution in [-0.2, 0) is 23.0 Å². The number of carbonyl (C=O) groups excluding carboxylic acids is 4. The largest absolute Gasteiger partial charge is 0.477 e. The molecule has 0 aromatic carbocycles. The minimum absolute atomic E-state index is 0.0329. The van der Waals surface area contributed by atoms with Crippen LogP contribution >= 0.6 is 0 Å². The number of fused-ring (bicyclic) bond motifs is 16. The lowest BCUT2D eigenvalue weighted by atomic mass is 10.1. The topological polar surface area (TPSA) is 362 Å². The first kappa shape index (κ1) is 76.6. The molecule has 9 aliphatic rings. The van der Waals surface area contributed by atoms with Crippen molar-refractivity contribution in [2.45, 2.75) is 103 Å². The Balaban J connectivity index is 0.000000113. The zero-order chi connectivity index (χ0) is 81.1. The predicted molar refractivity (Wildman–Crippen MR) is 445 cm³/mol. The highest BCUT2D eigenvalue weighted by Gasteiger charge is 2.45. The average molecular weight is 1580 g/mol. The lowest BCUT2D eigenvalue weighted by molar-refractivity contribution is -0.118. The van der Waals surface area contributed by atoms with E-state index in [2.05, 4.69) is 98.6 Å². The molecule has 8 bridgehead atoms. The second-order valence-corrected chi connectivity index (χ2v) is 30.1. The number of hydrogen-bond acceptors (Lipinski definition) is 25. The summed E-state index contributed by atoms with van der Waals surface area (Å²) in [5.41, 5.74) is 13.8. The summed E-state index contributed by atoms with van der Waals surface area (Å²) in [5.74, 6) is 3.62. The van der Waals surface area contributed by atoms with Gasteiger partial charge in [0.05, 0.1) is 94.6 Å². The number of nitrogens with zero attached hydrogens (tertiary/aromatic N) is 23. The van der Waals surface area contributed by atoms with Crippen molar-refractivity contribution in [3.05, 3.63) is 204 Å². The van der Waals surface area contributed by atoms with Crippen molar-refractivity contribution in [3.8, 4) is 57.0 Å². The molecule has 33 heteroatoms. The number of pyridine rings is 8. The van der Waals surface area contributed by atoms with Crippen LogP contribution in [0.5, 0.6) is 5.88 Å². The Hall–Kier alpha value is -14.0. The first-order chi connectivity index (χ1) is 57.5. The van der Waals surface area contributed by atoms with Gasteiger partial charge >= 0.3 is 18.1 Å². The Morgan fingerprint density at radius 1 is 0.492 bits per heavy atom. The third-order valence-electron chi connectivity index (χ3n) is 22.4. The summed E-state index contributed by atoms with van der Waals surface area (Å²) < 4.78 is 12.3. The Kier molecular flexibility index (Phi) is 21.7. The molecule has 598 valence electrons. The molecule has 118 heavy (non-hydrogen) atoms. The van der Waals surface area contributed by atoms with E-state index in [-0.39, 0.29) is 66.2 Å². The number of amides is 7. The van der Waals surface area contributed by atoms with Crippen molar-refractivity contribution in [1.82, 2.24) is 74.7 Å². The van der Waals surface area contributed by atoms with Crippen LogP contribution in [0.1, 0.15) is 73.8 Å². The van der Waals surface area contributed by atoms with E-state index < -0.39 is 0 Å². The highest BCUT2D eigenvalue weighted by molar-refractivity contribution is 6.06. The van der Waals surface area contributed by atoms with Crippen molar-refractivity contribution < 1.29 is 28.7 Å². The van der Waals surface area contributed by atoms with Crippen molar-refractivity contribution in [3.63, 3.8) is 0 Å². The highest BCUT2D eigenvalue weighted by atomic mass is 16.5. The summed E-state index contributed by atoms with van der Waals surface area (Å²) in [6.45, 7) is 16.4. The lowest BCUT2D eigenvalue weighted by Crippen LogP contribution is -2.53. The van der Waals surface area contributed by atoms with Crippen LogP contribution in [0, 0.1) is 32.1 Å². The number of nitriles is 1. The van der Waals surface area contributed by atoms with Crippen LogP contribution in [0.25, 0.3) is 45.0 Å². The van der Waals surface area contributed by atoms with E-state index in [0.29, 0.717) is 83.1 Å². The average Bonchev–Trinajstić information content (AvgIpc) is 1.54. The highest BCUT2D eigenvalue weighted by Crippen LogP contribution is 2.45. The van der Waals surface area contributed by atoms with E-state index in [0.717, 1.165) is 165 Å². The fraction of sp³-hybridized carbons (Fsp3) is 0.329. The first-order valence-corrected chi connectivity index (χ1v) is 39.7. The number of anilines is 10. The summed E-state index contributed by atoms with van der Waals surface area (Å²) in [5, 5.41) is 18.3. The summed E-state index contributed by atoms with van der Waals surface area (Å²) in [4.78, 5) is 138. The summed E-state index contributed by atoms with van der Waals surface area (Å²) in [6.07, 6.45) is 23.5. The zero-order valence-electron chi connectivity index (χ0n) is 65.8. The third-order valence-corrected chi connectivity index (χ3v) is 22.4. The normalized spacial score (nSPS) is 18.0. The molecule has 3 N–H and O–H groups in total. The van der Waals surface area contributed by atoms with E-state index in [9.17, 15) is 29.2 Å². The van der Waals surface area contributed by atoms with Gasteiger partial charge in [-0.25, -0.2) is 54.3 Å². The van der Waals surface area contributed by atoms with Gasteiger partial charge in [0, 0.05) is 186 Å². The smallest absolute Gasteiger partial charge is 0.330 e. The van der Waals surface area contributed by atoms with Gasteiger partial charge in [-0.3, -0.25) is 64.7 Å². The molecule has 9 aliphatic heterocycles. The van der Waals surface area contributed by atoms with Crippen LogP contribution in [0.4, 0.5) is 72.2 Å².